The zero-order chi connectivity index (χ0) is 37.3. The number of hydrogen-bond acceptors (Lipinski definition) is 1. The zero-order valence-corrected chi connectivity index (χ0v) is 33.1. The number of rotatable bonds is 6. The standard InChI is InChI=1S/C53H45NSi/c1-53(2)47-26-13-11-23-43(47)44-31-29-41(35-48(44)53)54(40-30-32-51-46(34-40)45-24-12-14-28-50(45)55(51,3)4)49-27-16-25-42(37-19-9-6-10-20-37)52(49)39-22-15-21-38(33-39)36-17-7-5-8-18-36/h5-20,22-35,38H,21H2,1-4H3. The molecule has 0 N–H and O–H groups in total. The van der Waals surface area contributed by atoms with E-state index in [2.05, 4.69) is 214 Å². The van der Waals surface area contributed by atoms with E-state index in [4.69, 9.17) is 0 Å². The van der Waals surface area contributed by atoms with Crippen molar-refractivity contribution in [2.75, 3.05) is 4.90 Å². The molecule has 0 amide bonds. The Hall–Kier alpha value is -5.96. The van der Waals surface area contributed by atoms with Crippen LogP contribution in [-0.2, 0) is 5.41 Å². The van der Waals surface area contributed by atoms with Crippen molar-refractivity contribution in [1.29, 1.82) is 0 Å². The summed E-state index contributed by atoms with van der Waals surface area (Å²) >= 11 is 0. The minimum Gasteiger partial charge on any atom is -0.310 e. The van der Waals surface area contributed by atoms with E-state index in [-0.39, 0.29) is 5.41 Å². The van der Waals surface area contributed by atoms with Crippen LogP contribution in [0.2, 0.25) is 13.1 Å². The van der Waals surface area contributed by atoms with Crippen LogP contribution < -0.4 is 15.3 Å². The van der Waals surface area contributed by atoms with Crippen LogP contribution in [0.3, 0.4) is 0 Å². The molecule has 0 bridgehead atoms. The molecule has 0 radical (unpaired) electrons. The van der Waals surface area contributed by atoms with Crippen LogP contribution >= 0.6 is 0 Å². The summed E-state index contributed by atoms with van der Waals surface area (Å²) in [6.07, 6.45) is 8.23. The molecule has 0 spiro atoms. The second kappa shape index (κ2) is 12.8. The number of benzene rings is 7. The third-order valence-corrected chi connectivity index (χ3v) is 16.2. The van der Waals surface area contributed by atoms with Crippen molar-refractivity contribution in [3.63, 3.8) is 0 Å². The van der Waals surface area contributed by atoms with E-state index in [1.54, 1.807) is 0 Å². The van der Waals surface area contributed by atoms with E-state index in [0.29, 0.717) is 5.92 Å². The second-order valence-corrected chi connectivity index (χ2v) is 20.8. The molecule has 55 heavy (non-hydrogen) atoms. The van der Waals surface area contributed by atoms with Gasteiger partial charge in [-0.25, -0.2) is 0 Å². The van der Waals surface area contributed by atoms with Gasteiger partial charge in [-0.15, -0.1) is 0 Å². The summed E-state index contributed by atoms with van der Waals surface area (Å²) in [5, 5.41) is 3.05. The third kappa shape index (κ3) is 5.34. The molecule has 1 aliphatic heterocycles. The SMILES string of the molecule is CC1(C)c2ccccc2-c2ccc(N(c3ccc4c(c3)-c3ccccc3[Si]4(C)C)c3cccc(-c4ccccc4)c3C3=CC(c4ccccc4)CC=C3)cc21. The van der Waals surface area contributed by atoms with Crippen LogP contribution in [0.1, 0.15) is 48.4 Å². The third-order valence-electron chi connectivity index (χ3n) is 12.6. The van der Waals surface area contributed by atoms with Crippen LogP contribution in [0, 0.1) is 0 Å². The smallest absolute Gasteiger partial charge is 0.113 e. The summed E-state index contributed by atoms with van der Waals surface area (Å²) in [4.78, 5) is 2.55. The number of anilines is 3. The minimum atomic E-state index is -1.83. The molecule has 3 aliphatic rings. The van der Waals surface area contributed by atoms with Gasteiger partial charge in [-0.3, -0.25) is 0 Å². The Kier molecular flexibility index (Phi) is 7.83. The summed E-state index contributed by atoms with van der Waals surface area (Å²) in [6, 6.07) is 61.4. The lowest BCUT2D eigenvalue weighted by atomic mass is 9.82. The van der Waals surface area contributed by atoms with E-state index in [0.717, 1.165) is 6.42 Å². The number of allylic oxidation sites excluding steroid dienone is 4. The largest absolute Gasteiger partial charge is 0.310 e. The van der Waals surface area contributed by atoms with Gasteiger partial charge in [0.2, 0.25) is 0 Å². The van der Waals surface area contributed by atoms with Gasteiger partial charge in [0.05, 0.1) is 5.69 Å². The van der Waals surface area contributed by atoms with Gasteiger partial charge >= 0.3 is 0 Å². The van der Waals surface area contributed by atoms with Crippen LogP contribution in [0.15, 0.2) is 182 Å². The topological polar surface area (TPSA) is 3.24 Å². The van der Waals surface area contributed by atoms with Crippen molar-refractivity contribution >= 4 is 41.1 Å². The fourth-order valence-electron chi connectivity index (χ4n) is 9.78. The van der Waals surface area contributed by atoms with Crippen LogP contribution in [0.5, 0.6) is 0 Å². The highest BCUT2D eigenvalue weighted by atomic mass is 28.3. The van der Waals surface area contributed by atoms with Gasteiger partial charge in [0, 0.05) is 28.3 Å². The van der Waals surface area contributed by atoms with E-state index >= 15 is 0 Å². The molecule has 266 valence electrons. The Morgan fingerprint density at radius 2 is 1.18 bits per heavy atom. The molecule has 2 aliphatic carbocycles. The maximum absolute atomic E-state index is 2.55. The Labute approximate surface area is 327 Å². The molecule has 1 atom stereocenters. The molecule has 0 saturated heterocycles. The van der Waals surface area contributed by atoms with Crippen LogP contribution in [0.25, 0.3) is 39.0 Å². The molecule has 0 saturated carbocycles. The van der Waals surface area contributed by atoms with Gasteiger partial charge in [-0.2, -0.15) is 0 Å². The Bertz CT molecular complexity index is 2680. The molecule has 1 nitrogen and oxygen atoms in total. The first-order chi connectivity index (χ1) is 26.8. The molecule has 7 aromatic carbocycles. The van der Waals surface area contributed by atoms with Gasteiger partial charge in [0.15, 0.2) is 0 Å². The Morgan fingerprint density at radius 3 is 2.00 bits per heavy atom. The van der Waals surface area contributed by atoms with Crippen molar-refractivity contribution in [2.45, 2.75) is 44.7 Å². The monoisotopic (exact) mass is 723 g/mol. The fourth-order valence-corrected chi connectivity index (χ4v) is 12.8. The summed E-state index contributed by atoms with van der Waals surface area (Å²) in [7, 11) is -1.83. The van der Waals surface area contributed by atoms with Crippen molar-refractivity contribution in [2.24, 2.45) is 0 Å². The highest BCUT2D eigenvalue weighted by Crippen LogP contribution is 2.52. The average molecular weight is 724 g/mol. The zero-order valence-electron chi connectivity index (χ0n) is 32.1. The lowest BCUT2D eigenvalue weighted by Gasteiger charge is -2.32. The average Bonchev–Trinajstić information content (AvgIpc) is 3.60. The van der Waals surface area contributed by atoms with Gasteiger partial charge in [-0.05, 0) is 103 Å². The lowest BCUT2D eigenvalue weighted by Crippen LogP contribution is -2.49. The van der Waals surface area contributed by atoms with E-state index in [1.807, 2.05) is 0 Å². The molecule has 1 heterocycles. The van der Waals surface area contributed by atoms with Gasteiger partial charge < -0.3 is 4.90 Å². The molecular formula is C53H45NSi. The Balaban J connectivity index is 1.24. The summed E-state index contributed by atoms with van der Waals surface area (Å²) in [6.45, 7) is 9.77. The predicted molar refractivity (Wildman–Crippen MR) is 237 cm³/mol. The lowest BCUT2D eigenvalue weighted by molar-refractivity contribution is 0.660. The fraction of sp³-hybridized carbons (Fsp3) is 0.132. The number of fused-ring (bicyclic) bond motifs is 6. The molecule has 0 aromatic heterocycles. The molecule has 0 fully saturated rings. The number of nitrogens with zero attached hydrogens (tertiary/aromatic N) is 1. The summed E-state index contributed by atoms with van der Waals surface area (Å²) in [5.74, 6) is 0.300. The molecule has 1 unspecified atom stereocenters. The highest BCUT2D eigenvalue weighted by Gasteiger charge is 2.39. The van der Waals surface area contributed by atoms with Crippen molar-refractivity contribution < 1.29 is 0 Å². The first-order valence-corrected chi connectivity index (χ1v) is 22.7. The van der Waals surface area contributed by atoms with E-state index in [1.165, 1.54) is 88.6 Å². The highest BCUT2D eigenvalue weighted by molar-refractivity contribution is 7.03. The Morgan fingerprint density at radius 1 is 0.545 bits per heavy atom. The normalized spacial score (nSPS) is 16.8. The predicted octanol–water partition coefficient (Wildman–Crippen LogP) is 13.1. The molecule has 2 heteroatoms. The summed E-state index contributed by atoms with van der Waals surface area (Å²) in [5.41, 5.74) is 18.0. The molecule has 10 rings (SSSR count). The van der Waals surface area contributed by atoms with Gasteiger partial charge in [0.1, 0.15) is 8.07 Å². The maximum atomic E-state index is 2.55. The van der Waals surface area contributed by atoms with Crippen molar-refractivity contribution in [3.05, 3.63) is 204 Å². The summed E-state index contributed by atoms with van der Waals surface area (Å²) < 4.78 is 0. The first kappa shape index (κ1) is 33.6. The second-order valence-electron chi connectivity index (χ2n) is 16.5. The minimum absolute atomic E-state index is 0.119. The number of hydrogen-bond donors (Lipinski definition) is 0. The van der Waals surface area contributed by atoms with E-state index in [9.17, 15) is 0 Å². The molecular weight excluding hydrogens is 679 g/mol. The van der Waals surface area contributed by atoms with Crippen molar-refractivity contribution in [3.8, 4) is 33.4 Å². The van der Waals surface area contributed by atoms with Gasteiger partial charge in [0.25, 0.3) is 0 Å². The maximum Gasteiger partial charge on any atom is 0.113 e. The van der Waals surface area contributed by atoms with Gasteiger partial charge in [-0.1, -0.05) is 179 Å². The van der Waals surface area contributed by atoms with E-state index < -0.39 is 8.07 Å². The quantitative estimate of drug-likeness (QED) is 0.154. The van der Waals surface area contributed by atoms with Crippen molar-refractivity contribution in [1.82, 2.24) is 0 Å². The van der Waals surface area contributed by atoms with Crippen LogP contribution in [0.4, 0.5) is 17.1 Å². The first-order valence-electron chi connectivity index (χ1n) is 19.7. The van der Waals surface area contributed by atoms with Crippen LogP contribution in [-0.4, -0.2) is 8.07 Å². The molecule has 7 aromatic rings.